The van der Waals surface area contributed by atoms with Crippen molar-refractivity contribution < 1.29 is 14.6 Å². The Morgan fingerprint density at radius 2 is 1.94 bits per heavy atom. The maximum absolute atomic E-state index is 11.2. The van der Waals surface area contributed by atoms with E-state index in [-0.39, 0.29) is 30.3 Å². The van der Waals surface area contributed by atoms with Crippen molar-refractivity contribution in [2.24, 2.45) is 0 Å². The maximum Gasteiger partial charge on any atom is 0.407 e. The first-order valence-corrected chi connectivity index (χ1v) is 5.31. The molecule has 5 heteroatoms. The van der Waals surface area contributed by atoms with E-state index in [2.05, 4.69) is 5.32 Å². The number of rotatable bonds is 1. The lowest BCUT2D eigenvalue weighted by atomic mass is 9.93. The van der Waals surface area contributed by atoms with Crippen LogP contribution in [0, 0.1) is 13.8 Å². The molecule has 4 nitrogen and oxygen atoms in total. The Hall–Kier alpha value is -1.42. The number of benzene rings is 1. The third kappa shape index (κ3) is 2.82. The van der Waals surface area contributed by atoms with Crippen molar-refractivity contribution >= 4 is 18.5 Å². The van der Waals surface area contributed by atoms with E-state index in [1.165, 1.54) is 0 Å². The Bertz CT molecular complexity index is 411. The number of nitrogens with one attached hydrogen (secondary N) is 1. The molecule has 1 fully saturated rings. The molecule has 17 heavy (non-hydrogen) atoms. The number of ether oxygens (including phenoxy) is 1. The van der Waals surface area contributed by atoms with E-state index in [0.717, 1.165) is 23.1 Å². The van der Waals surface area contributed by atoms with E-state index in [4.69, 9.17) is 4.74 Å². The van der Waals surface area contributed by atoms with Gasteiger partial charge in [0, 0.05) is 6.42 Å². The highest BCUT2D eigenvalue weighted by atomic mass is 35.5. The van der Waals surface area contributed by atoms with Gasteiger partial charge in [0.2, 0.25) is 0 Å². The molecule has 0 radical (unpaired) electrons. The van der Waals surface area contributed by atoms with Gasteiger partial charge in [-0.1, -0.05) is 0 Å². The molecule has 1 aromatic carbocycles. The van der Waals surface area contributed by atoms with Crippen molar-refractivity contribution in [2.45, 2.75) is 26.3 Å². The first-order chi connectivity index (χ1) is 7.58. The van der Waals surface area contributed by atoms with E-state index < -0.39 is 0 Å². The second-order valence-electron chi connectivity index (χ2n) is 4.11. The molecule has 2 rings (SSSR count). The fourth-order valence-corrected chi connectivity index (χ4v) is 2.24. The molecular formula is C12H16ClNO3. The van der Waals surface area contributed by atoms with Crippen molar-refractivity contribution in [1.29, 1.82) is 0 Å². The third-order valence-electron chi connectivity index (χ3n) is 2.86. The molecule has 1 aliphatic heterocycles. The highest BCUT2D eigenvalue weighted by Gasteiger charge is 2.23. The largest absolute Gasteiger partial charge is 0.508 e. The summed E-state index contributed by atoms with van der Waals surface area (Å²) in [6, 6.07) is 3.41. The van der Waals surface area contributed by atoms with Gasteiger partial charge in [0.05, 0.1) is 12.6 Å². The van der Waals surface area contributed by atoms with Crippen molar-refractivity contribution in [1.82, 2.24) is 5.32 Å². The van der Waals surface area contributed by atoms with Crippen LogP contribution >= 0.6 is 12.4 Å². The fourth-order valence-electron chi connectivity index (χ4n) is 2.24. The van der Waals surface area contributed by atoms with Gasteiger partial charge in [0.25, 0.3) is 0 Å². The predicted molar refractivity (Wildman–Crippen MR) is 66.7 cm³/mol. The summed E-state index contributed by atoms with van der Waals surface area (Å²) in [6.45, 7) is 4.31. The van der Waals surface area contributed by atoms with E-state index >= 15 is 0 Å². The molecule has 1 atom stereocenters. The molecular weight excluding hydrogens is 242 g/mol. The quantitative estimate of drug-likeness (QED) is 0.813. The fraction of sp³-hybridized carbons (Fsp3) is 0.417. The second kappa shape index (κ2) is 5.27. The van der Waals surface area contributed by atoms with Crippen LogP contribution in [-0.2, 0) is 4.74 Å². The number of aromatic hydroxyl groups is 1. The Labute approximate surface area is 106 Å². The van der Waals surface area contributed by atoms with Crippen LogP contribution < -0.4 is 5.32 Å². The summed E-state index contributed by atoms with van der Waals surface area (Å²) in [5.74, 6) is 0.261. The zero-order chi connectivity index (χ0) is 11.7. The van der Waals surface area contributed by atoms with Crippen LogP contribution in [0.3, 0.4) is 0 Å². The minimum absolute atomic E-state index is 0. The monoisotopic (exact) mass is 257 g/mol. The molecule has 2 N–H and O–H groups in total. The Kier molecular flexibility index (Phi) is 4.23. The van der Waals surface area contributed by atoms with Crippen molar-refractivity contribution in [3.8, 4) is 5.75 Å². The molecule has 0 spiro atoms. The van der Waals surface area contributed by atoms with Crippen molar-refractivity contribution in [3.63, 3.8) is 0 Å². The summed E-state index contributed by atoms with van der Waals surface area (Å²) in [5, 5.41) is 12.2. The summed E-state index contributed by atoms with van der Waals surface area (Å²) in [7, 11) is 0. The number of alkyl carbamates (subject to hydrolysis) is 1. The molecule has 1 heterocycles. The Morgan fingerprint density at radius 3 is 2.47 bits per heavy atom. The number of aryl methyl sites for hydroxylation is 2. The topological polar surface area (TPSA) is 58.6 Å². The van der Waals surface area contributed by atoms with Crippen LogP contribution in [0.5, 0.6) is 5.75 Å². The van der Waals surface area contributed by atoms with Gasteiger partial charge < -0.3 is 15.2 Å². The Balaban J connectivity index is 0.00000144. The van der Waals surface area contributed by atoms with E-state index in [0.29, 0.717) is 6.61 Å². The van der Waals surface area contributed by atoms with Gasteiger partial charge in [-0.15, -0.1) is 12.4 Å². The number of carbonyl (C=O) groups is 1. The molecule has 1 saturated heterocycles. The summed E-state index contributed by atoms with van der Waals surface area (Å²) >= 11 is 0. The van der Waals surface area contributed by atoms with Gasteiger partial charge in [-0.05, 0) is 42.7 Å². The molecule has 1 amide bonds. The average Bonchev–Trinajstić information content (AvgIpc) is 2.15. The molecule has 0 bridgehead atoms. The van der Waals surface area contributed by atoms with E-state index in [9.17, 15) is 9.90 Å². The van der Waals surface area contributed by atoms with Gasteiger partial charge in [-0.25, -0.2) is 4.79 Å². The van der Waals surface area contributed by atoms with Gasteiger partial charge in [0.15, 0.2) is 0 Å². The van der Waals surface area contributed by atoms with Gasteiger partial charge >= 0.3 is 6.09 Å². The van der Waals surface area contributed by atoms with Gasteiger partial charge in [0.1, 0.15) is 5.75 Å². The number of hydrogen-bond acceptors (Lipinski definition) is 3. The van der Waals surface area contributed by atoms with Crippen LogP contribution in [0.15, 0.2) is 12.1 Å². The maximum atomic E-state index is 11.2. The lowest BCUT2D eigenvalue weighted by molar-refractivity contribution is 0.115. The molecule has 0 aromatic heterocycles. The van der Waals surface area contributed by atoms with Crippen LogP contribution in [0.2, 0.25) is 0 Å². The standard InChI is InChI=1S/C12H15NO3.ClH/c1-7-5-9(14)6-8(2)11(7)10-3-4-16-12(15)13-10;/h5-6,10,14H,3-4H2,1-2H3,(H,13,15);1H/t10-;/m0./s1. The predicted octanol–water partition coefficient (Wildman–Crippen LogP) is 2.60. The molecule has 1 aromatic rings. The van der Waals surface area contributed by atoms with Gasteiger partial charge in [-0.3, -0.25) is 0 Å². The number of amides is 1. The highest BCUT2D eigenvalue weighted by Crippen LogP contribution is 2.29. The summed E-state index contributed by atoms with van der Waals surface area (Å²) in [5.41, 5.74) is 3.06. The summed E-state index contributed by atoms with van der Waals surface area (Å²) in [4.78, 5) is 11.2. The zero-order valence-electron chi connectivity index (χ0n) is 9.82. The summed E-state index contributed by atoms with van der Waals surface area (Å²) in [6.07, 6.45) is 0.390. The smallest absolute Gasteiger partial charge is 0.407 e. The van der Waals surface area contributed by atoms with E-state index in [1.54, 1.807) is 12.1 Å². The number of cyclic esters (lactones) is 1. The lowest BCUT2D eigenvalue weighted by Crippen LogP contribution is -2.36. The SMILES string of the molecule is Cc1cc(O)cc(C)c1[C@@H]1CCOC(=O)N1.Cl. The first kappa shape index (κ1) is 13.6. The van der Waals surface area contributed by atoms with Crippen molar-refractivity contribution in [2.75, 3.05) is 6.61 Å². The van der Waals surface area contributed by atoms with Crippen LogP contribution in [0.4, 0.5) is 4.79 Å². The third-order valence-corrected chi connectivity index (χ3v) is 2.86. The van der Waals surface area contributed by atoms with E-state index in [1.807, 2.05) is 13.8 Å². The molecule has 1 aliphatic rings. The molecule has 94 valence electrons. The molecule has 0 aliphatic carbocycles. The average molecular weight is 258 g/mol. The number of phenols is 1. The lowest BCUT2D eigenvalue weighted by Gasteiger charge is -2.26. The number of phenolic OH excluding ortho intramolecular Hbond substituents is 1. The first-order valence-electron chi connectivity index (χ1n) is 5.31. The number of carbonyl (C=O) groups excluding carboxylic acids is 1. The Morgan fingerprint density at radius 1 is 1.35 bits per heavy atom. The second-order valence-corrected chi connectivity index (χ2v) is 4.11. The number of hydrogen-bond donors (Lipinski definition) is 2. The zero-order valence-corrected chi connectivity index (χ0v) is 10.6. The van der Waals surface area contributed by atoms with Crippen LogP contribution in [-0.4, -0.2) is 17.8 Å². The van der Waals surface area contributed by atoms with Crippen molar-refractivity contribution in [3.05, 3.63) is 28.8 Å². The van der Waals surface area contributed by atoms with Gasteiger partial charge in [-0.2, -0.15) is 0 Å². The summed E-state index contributed by atoms with van der Waals surface area (Å²) < 4.78 is 4.83. The minimum Gasteiger partial charge on any atom is -0.508 e. The minimum atomic E-state index is -0.372. The van der Waals surface area contributed by atoms with Crippen LogP contribution in [0.25, 0.3) is 0 Å². The molecule has 0 unspecified atom stereocenters. The number of halogens is 1. The van der Waals surface area contributed by atoms with Crippen LogP contribution in [0.1, 0.15) is 29.2 Å². The molecule has 0 saturated carbocycles. The highest BCUT2D eigenvalue weighted by molar-refractivity contribution is 5.85. The normalized spacial score (nSPS) is 18.9.